The standard InChI is InChI=1S/C20H26N4O2S/c1-14-8-15(2)11-24(10-14)12-17-13-27-20(22-17)23-18(25)9-21-19(26)16-6-4-3-5-7-16/h3-7,13-15H,8-12H2,1-2H3,(H,21,26)(H,22,23,25)/t14-,15-/m0/s1. The van der Waals surface area contributed by atoms with Crippen LogP contribution in [0.15, 0.2) is 35.7 Å². The van der Waals surface area contributed by atoms with Gasteiger partial charge < -0.3 is 10.6 Å². The van der Waals surface area contributed by atoms with Crippen LogP contribution in [-0.4, -0.2) is 41.3 Å². The molecule has 0 saturated carbocycles. The summed E-state index contributed by atoms with van der Waals surface area (Å²) < 4.78 is 0. The van der Waals surface area contributed by atoms with Crippen molar-refractivity contribution < 1.29 is 9.59 Å². The summed E-state index contributed by atoms with van der Waals surface area (Å²) in [5.74, 6) is 0.874. The van der Waals surface area contributed by atoms with E-state index in [1.165, 1.54) is 17.8 Å². The number of carbonyl (C=O) groups excluding carboxylic acids is 2. The molecule has 7 heteroatoms. The third-order valence-electron chi connectivity index (χ3n) is 4.57. The second-order valence-corrected chi connectivity index (χ2v) is 8.24. The van der Waals surface area contributed by atoms with E-state index in [1.807, 2.05) is 11.4 Å². The summed E-state index contributed by atoms with van der Waals surface area (Å²) in [5, 5.41) is 7.94. The Hall–Kier alpha value is -2.25. The Morgan fingerprint density at radius 3 is 2.59 bits per heavy atom. The molecule has 0 spiro atoms. The van der Waals surface area contributed by atoms with Crippen molar-refractivity contribution in [3.05, 3.63) is 47.0 Å². The normalized spacial score (nSPS) is 20.2. The van der Waals surface area contributed by atoms with Gasteiger partial charge in [0, 0.05) is 30.6 Å². The fourth-order valence-electron chi connectivity index (χ4n) is 3.60. The van der Waals surface area contributed by atoms with Gasteiger partial charge in [-0.3, -0.25) is 14.5 Å². The Morgan fingerprint density at radius 1 is 1.19 bits per heavy atom. The minimum absolute atomic E-state index is 0.0796. The van der Waals surface area contributed by atoms with Crippen LogP contribution in [0.3, 0.4) is 0 Å². The van der Waals surface area contributed by atoms with Crippen LogP contribution in [0.4, 0.5) is 5.13 Å². The van der Waals surface area contributed by atoms with Crippen molar-refractivity contribution in [1.82, 2.24) is 15.2 Å². The molecule has 1 aromatic heterocycles. The lowest BCUT2D eigenvalue weighted by atomic mass is 9.92. The lowest BCUT2D eigenvalue weighted by molar-refractivity contribution is -0.115. The molecule has 0 bridgehead atoms. The molecule has 2 aromatic rings. The van der Waals surface area contributed by atoms with Crippen LogP contribution in [0.2, 0.25) is 0 Å². The summed E-state index contributed by atoms with van der Waals surface area (Å²) in [6, 6.07) is 8.84. The first-order valence-electron chi connectivity index (χ1n) is 9.29. The highest BCUT2D eigenvalue weighted by molar-refractivity contribution is 7.13. The Labute approximate surface area is 164 Å². The summed E-state index contributed by atoms with van der Waals surface area (Å²) in [4.78, 5) is 31.0. The molecule has 0 radical (unpaired) electrons. The van der Waals surface area contributed by atoms with E-state index in [0.29, 0.717) is 22.5 Å². The quantitative estimate of drug-likeness (QED) is 0.800. The van der Waals surface area contributed by atoms with Gasteiger partial charge in [-0.05, 0) is 30.4 Å². The molecule has 27 heavy (non-hydrogen) atoms. The summed E-state index contributed by atoms with van der Waals surface area (Å²) in [5.41, 5.74) is 1.51. The van der Waals surface area contributed by atoms with Gasteiger partial charge in [0.1, 0.15) is 0 Å². The molecule has 2 N–H and O–H groups in total. The molecule has 1 aliphatic rings. The number of carbonyl (C=O) groups is 2. The Kier molecular flexibility index (Phi) is 6.58. The molecule has 0 aliphatic carbocycles. The average molecular weight is 387 g/mol. The smallest absolute Gasteiger partial charge is 0.251 e. The van der Waals surface area contributed by atoms with E-state index in [-0.39, 0.29) is 18.4 Å². The summed E-state index contributed by atoms with van der Waals surface area (Å²) >= 11 is 1.42. The second-order valence-electron chi connectivity index (χ2n) is 7.38. The number of thiazole rings is 1. The van der Waals surface area contributed by atoms with E-state index in [4.69, 9.17) is 0 Å². The number of rotatable bonds is 6. The van der Waals surface area contributed by atoms with Crippen LogP contribution in [0.5, 0.6) is 0 Å². The van der Waals surface area contributed by atoms with E-state index in [1.54, 1.807) is 24.3 Å². The maximum absolute atomic E-state index is 12.1. The lowest BCUT2D eigenvalue weighted by Crippen LogP contribution is -2.38. The predicted octanol–water partition coefficient (Wildman–Crippen LogP) is 2.99. The predicted molar refractivity (Wildman–Crippen MR) is 108 cm³/mol. The molecule has 1 fully saturated rings. The highest BCUT2D eigenvalue weighted by Gasteiger charge is 2.22. The van der Waals surface area contributed by atoms with Crippen molar-refractivity contribution >= 4 is 28.3 Å². The number of amides is 2. The van der Waals surface area contributed by atoms with Gasteiger partial charge in [0.05, 0.1) is 12.2 Å². The van der Waals surface area contributed by atoms with Gasteiger partial charge in [0.25, 0.3) is 5.91 Å². The lowest BCUT2D eigenvalue weighted by Gasteiger charge is -2.34. The largest absolute Gasteiger partial charge is 0.343 e. The van der Waals surface area contributed by atoms with Gasteiger partial charge in [0.2, 0.25) is 5.91 Å². The van der Waals surface area contributed by atoms with E-state index in [9.17, 15) is 9.59 Å². The first-order chi connectivity index (χ1) is 13.0. The number of hydrogen-bond donors (Lipinski definition) is 2. The zero-order valence-corrected chi connectivity index (χ0v) is 16.6. The van der Waals surface area contributed by atoms with E-state index >= 15 is 0 Å². The number of benzene rings is 1. The molecule has 2 amide bonds. The SMILES string of the molecule is C[C@H]1C[C@H](C)CN(Cc2csc(NC(=O)CNC(=O)c3ccccc3)n2)C1. The molecule has 1 aromatic carbocycles. The number of hydrogen-bond acceptors (Lipinski definition) is 5. The van der Waals surface area contributed by atoms with E-state index < -0.39 is 0 Å². The van der Waals surface area contributed by atoms with Crippen LogP contribution in [0.1, 0.15) is 36.3 Å². The Bertz CT molecular complexity index is 767. The third kappa shape index (κ3) is 5.87. The molecular formula is C20H26N4O2S. The molecule has 2 atom stereocenters. The Balaban J connectivity index is 1.46. The van der Waals surface area contributed by atoms with Crippen LogP contribution in [0.25, 0.3) is 0 Å². The number of anilines is 1. The molecule has 1 aliphatic heterocycles. The molecule has 6 nitrogen and oxygen atoms in total. The fourth-order valence-corrected chi connectivity index (χ4v) is 4.32. The number of likely N-dealkylation sites (tertiary alicyclic amines) is 1. The monoisotopic (exact) mass is 386 g/mol. The van der Waals surface area contributed by atoms with Crippen molar-refractivity contribution in [2.45, 2.75) is 26.8 Å². The van der Waals surface area contributed by atoms with Crippen LogP contribution < -0.4 is 10.6 Å². The zero-order valence-electron chi connectivity index (χ0n) is 15.8. The summed E-state index contributed by atoms with van der Waals surface area (Å²) in [6.45, 7) is 7.50. The van der Waals surface area contributed by atoms with Gasteiger partial charge in [0.15, 0.2) is 5.13 Å². The van der Waals surface area contributed by atoms with Crippen molar-refractivity contribution in [3.8, 4) is 0 Å². The topological polar surface area (TPSA) is 74.3 Å². The number of nitrogens with zero attached hydrogens (tertiary/aromatic N) is 2. The molecule has 3 rings (SSSR count). The van der Waals surface area contributed by atoms with Gasteiger partial charge in [-0.25, -0.2) is 4.98 Å². The second kappa shape index (κ2) is 9.10. The van der Waals surface area contributed by atoms with Crippen LogP contribution >= 0.6 is 11.3 Å². The fraction of sp³-hybridized carbons (Fsp3) is 0.450. The van der Waals surface area contributed by atoms with Gasteiger partial charge >= 0.3 is 0 Å². The van der Waals surface area contributed by atoms with E-state index in [2.05, 4.69) is 34.4 Å². The van der Waals surface area contributed by atoms with Gasteiger partial charge in [-0.15, -0.1) is 11.3 Å². The summed E-state index contributed by atoms with van der Waals surface area (Å²) in [6.07, 6.45) is 1.28. The molecule has 144 valence electrons. The minimum Gasteiger partial charge on any atom is -0.343 e. The molecule has 2 heterocycles. The van der Waals surface area contributed by atoms with E-state index in [0.717, 1.165) is 25.3 Å². The first-order valence-corrected chi connectivity index (χ1v) is 10.2. The maximum atomic E-state index is 12.1. The van der Waals surface area contributed by atoms with Gasteiger partial charge in [-0.1, -0.05) is 32.0 Å². The zero-order chi connectivity index (χ0) is 19.2. The number of piperidine rings is 1. The number of nitrogens with one attached hydrogen (secondary N) is 2. The average Bonchev–Trinajstić information content (AvgIpc) is 3.06. The summed E-state index contributed by atoms with van der Waals surface area (Å²) in [7, 11) is 0. The third-order valence-corrected chi connectivity index (χ3v) is 5.38. The van der Waals surface area contributed by atoms with Crippen LogP contribution in [0, 0.1) is 11.8 Å². The minimum atomic E-state index is -0.277. The van der Waals surface area contributed by atoms with Crippen molar-refractivity contribution in [2.24, 2.45) is 11.8 Å². The van der Waals surface area contributed by atoms with Gasteiger partial charge in [-0.2, -0.15) is 0 Å². The highest BCUT2D eigenvalue weighted by atomic mass is 32.1. The maximum Gasteiger partial charge on any atom is 0.251 e. The van der Waals surface area contributed by atoms with Crippen LogP contribution in [-0.2, 0) is 11.3 Å². The number of aromatic nitrogens is 1. The Morgan fingerprint density at radius 2 is 1.89 bits per heavy atom. The van der Waals surface area contributed by atoms with Crippen molar-refractivity contribution in [1.29, 1.82) is 0 Å². The molecule has 1 saturated heterocycles. The van der Waals surface area contributed by atoms with Crippen molar-refractivity contribution in [2.75, 3.05) is 25.0 Å². The molecular weight excluding hydrogens is 360 g/mol. The molecule has 0 unspecified atom stereocenters. The first kappa shape index (κ1) is 19.5. The highest BCUT2D eigenvalue weighted by Crippen LogP contribution is 2.23. The van der Waals surface area contributed by atoms with Crippen molar-refractivity contribution in [3.63, 3.8) is 0 Å².